The van der Waals surface area contributed by atoms with Crippen molar-refractivity contribution in [1.82, 2.24) is 4.98 Å². The summed E-state index contributed by atoms with van der Waals surface area (Å²) in [6.07, 6.45) is 0. The van der Waals surface area contributed by atoms with E-state index in [2.05, 4.69) is 52.8 Å². The highest BCUT2D eigenvalue weighted by Crippen LogP contribution is 2.36. The molecule has 98 valence electrons. The summed E-state index contributed by atoms with van der Waals surface area (Å²) in [5.74, 6) is 0. The molecule has 0 bridgehead atoms. The summed E-state index contributed by atoms with van der Waals surface area (Å²) in [5.41, 5.74) is 8.39. The van der Waals surface area contributed by atoms with Crippen LogP contribution in [0.2, 0.25) is 0 Å². The molecule has 1 heterocycles. The molecule has 2 rings (SSSR count). The summed E-state index contributed by atoms with van der Waals surface area (Å²) in [6, 6.07) is 6.46. The molecular weight excluding hydrogens is 240 g/mol. The summed E-state index contributed by atoms with van der Waals surface area (Å²) in [6.45, 7) is 11.6. The number of nitrogens with two attached hydrogens (primary N) is 1. The van der Waals surface area contributed by atoms with Crippen LogP contribution in [0.1, 0.15) is 45.2 Å². The molecule has 1 aromatic carbocycles. The van der Waals surface area contributed by atoms with E-state index in [1.165, 1.54) is 10.3 Å². The molecule has 2 aromatic rings. The first-order valence-corrected chi connectivity index (χ1v) is 7.18. The van der Waals surface area contributed by atoms with Crippen molar-refractivity contribution in [2.24, 2.45) is 5.73 Å². The zero-order valence-corrected chi connectivity index (χ0v) is 12.7. The van der Waals surface area contributed by atoms with Crippen molar-refractivity contribution in [2.75, 3.05) is 6.54 Å². The highest BCUT2D eigenvalue weighted by Gasteiger charge is 2.25. The molecule has 0 spiro atoms. The van der Waals surface area contributed by atoms with Crippen LogP contribution < -0.4 is 5.73 Å². The van der Waals surface area contributed by atoms with Crippen molar-refractivity contribution in [1.29, 1.82) is 0 Å². The van der Waals surface area contributed by atoms with Gasteiger partial charge in [0, 0.05) is 12.0 Å². The minimum absolute atomic E-state index is 0.0428. The van der Waals surface area contributed by atoms with Crippen LogP contribution in [0, 0.1) is 0 Å². The van der Waals surface area contributed by atoms with Gasteiger partial charge in [-0.1, -0.05) is 46.8 Å². The van der Waals surface area contributed by atoms with Gasteiger partial charge in [0.05, 0.1) is 10.2 Å². The summed E-state index contributed by atoms with van der Waals surface area (Å²) in [4.78, 5) is 4.86. The topological polar surface area (TPSA) is 38.9 Å². The molecule has 2 nitrogen and oxygen atoms in total. The van der Waals surface area contributed by atoms with E-state index in [-0.39, 0.29) is 10.8 Å². The van der Waals surface area contributed by atoms with Gasteiger partial charge < -0.3 is 5.73 Å². The van der Waals surface area contributed by atoms with E-state index >= 15 is 0 Å². The van der Waals surface area contributed by atoms with Gasteiger partial charge >= 0.3 is 0 Å². The first-order valence-electron chi connectivity index (χ1n) is 6.36. The molecular formula is C15H22N2S. The number of rotatable bonds is 2. The van der Waals surface area contributed by atoms with Gasteiger partial charge in [0.1, 0.15) is 5.01 Å². The Labute approximate surface area is 113 Å². The number of aromatic nitrogens is 1. The maximum Gasteiger partial charge on any atom is 0.101 e. The predicted octanol–water partition coefficient (Wildman–Crippen LogP) is 3.83. The van der Waals surface area contributed by atoms with E-state index in [1.807, 2.05) is 0 Å². The molecule has 1 aromatic heterocycles. The molecule has 0 unspecified atom stereocenters. The first kappa shape index (κ1) is 13.5. The van der Waals surface area contributed by atoms with Crippen molar-refractivity contribution in [3.63, 3.8) is 0 Å². The van der Waals surface area contributed by atoms with Crippen molar-refractivity contribution in [3.05, 3.63) is 28.8 Å². The number of hydrogen-bond donors (Lipinski definition) is 1. The van der Waals surface area contributed by atoms with Gasteiger partial charge in [0.15, 0.2) is 0 Å². The van der Waals surface area contributed by atoms with Crippen LogP contribution in [0.5, 0.6) is 0 Å². The molecule has 0 saturated heterocycles. The number of benzene rings is 1. The molecule has 0 radical (unpaired) electrons. The van der Waals surface area contributed by atoms with Crippen molar-refractivity contribution in [2.45, 2.75) is 45.4 Å². The Morgan fingerprint density at radius 1 is 1.17 bits per heavy atom. The largest absolute Gasteiger partial charge is 0.330 e. The fraction of sp³-hybridized carbons (Fsp3) is 0.533. The van der Waals surface area contributed by atoms with Gasteiger partial charge in [0.25, 0.3) is 0 Å². The monoisotopic (exact) mass is 262 g/mol. The lowest BCUT2D eigenvalue weighted by Crippen LogP contribution is -2.27. The molecule has 0 aliphatic carbocycles. The van der Waals surface area contributed by atoms with Crippen LogP contribution in [0.3, 0.4) is 0 Å². The molecule has 0 fully saturated rings. The van der Waals surface area contributed by atoms with E-state index in [4.69, 9.17) is 10.7 Å². The lowest BCUT2D eigenvalue weighted by molar-refractivity contribution is 0.536. The van der Waals surface area contributed by atoms with Gasteiger partial charge in [0.2, 0.25) is 0 Å². The first-order chi connectivity index (χ1) is 8.25. The van der Waals surface area contributed by atoms with Crippen molar-refractivity contribution < 1.29 is 0 Å². The maximum absolute atomic E-state index is 5.85. The normalized spacial score (nSPS) is 13.2. The lowest BCUT2D eigenvalue weighted by atomic mass is 9.86. The number of nitrogens with zero attached hydrogens (tertiary/aromatic N) is 1. The Hall–Kier alpha value is -0.930. The Morgan fingerprint density at radius 3 is 2.39 bits per heavy atom. The van der Waals surface area contributed by atoms with Gasteiger partial charge in [-0.25, -0.2) is 4.98 Å². The van der Waals surface area contributed by atoms with E-state index < -0.39 is 0 Å². The number of hydrogen-bond acceptors (Lipinski definition) is 3. The molecule has 2 N–H and O–H groups in total. The Morgan fingerprint density at radius 2 is 1.83 bits per heavy atom. The third-order valence-electron chi connectivity index (χ3n) is 3.32. The van der Waals surface area contributed by atoms with Crippen LogP contribution in [0.15, 0.2) is 18.2 Å². The molecule has 0 aliphatic rings. The van der Waals surface area contributed by atoms with E-state index in [9.17, 15) is 0 Å². The molecule has 0 atom stereocenters. The SMILES string of the molecule is CC(C)(C)c1cccc2sc(C(C)(C)CN)nc12. The third kappa shape index (κ3) is 2.29. The quantitative estimate of drug-likeness (QED) is 0.893. The Bertz CT molecular complexity index is 561. The fourth-order valence-corrected chi connectivity index (χ4v) is 3.03. The predicted molar refractivity (Wildman–Crippen MR) is 80.4 cm³/mol. The minimum atomic E-state index is -0.0428. The highest BCUT2D eigenvalue weighted by molar-refractivity contribution is 7.18. The summed E-state index contributed by atoms with van der Waals surface area (Å²) < 4.78 is 1.26. The third-order valence-corrected chi connectivity index (χ3v) is 4.70. The van der Waals surface area contributed by atoms with Crippen LogP contribution >= 0.6 is 11.3 Å². The van der Waals surface area contributed by atoms with E-state index in [0.29, 0.717) is 6.54 Å². The molecule has 3 heteroatoms. The summed E-state index contributed by atoms with van der Waals surface area (Å²) in [7, 11) is 0. The number of fused-ring (bicyclic) bond motifs is 1. The minimum Gasteiger partial charge on any atom is -0.330 e. The van der Waals surface area contributed by atoms with Crippen LogP contribution in [-0.2, 0) is 10.8 Å². The molecule has 18 heavy (non-hydrogen) atoms. The lowest BCUT2D eigenvalue weighted by Gasteiger charge is -2.20. The molecule has 0 amide bonds. The molecule has 0 saturated carbocycles. The highest BCUT2D eigenvalue weighted by atomic mass is 32.1. The van der Waals surface area contributed by atoms with Gasteiger partial charge in [-0.05, 0) is 17.0 Å². The number of thiazole rings is 1. The van der Waals surface area contributed by atoms with E-state index in [1.54, 1.807) is 11.3 Å². The second-order valence-electron chi connectivity index (χ2n) is 6.51. The number of para-hydroxylation sites is 1. The van der Waals surface area contributed by atoms with Crippen LogP contribution in [-0.4, -0.2) is 11.5 Å². The Balaban J connectivity index is 2.66. The van der Waals surface area contributed by atoms with Gasteiger partial charge in [-0.2, -0.15) is 0 Å². The zero-order valence-electron chi connectivity index (χ0n) is 11.9. The summed E-state index contributed by atoms with van der Waals surface area (Å²) >= 11 is 1.77. The average Bonchev–Trinajstić information content (AvgIpc) is 2.71. The van der Waals surface area contributed by atoms with Crippen molar-refractivity contribution in [3.8, 4) is 0 Å². The smallest absolute Gasteiger partial charge is 0.101 e. The second-order valence-corrected chi connectivity index (χ2v) is 7.54. The zero-order chi connectivity index (χ0) is 13.6. The second kappa shape index (κ2) is 4.32. The standard InChI is InChI=1S/C15H22N2S/c1-14(2,3)10-7-6-8-11-12(10)17-13(18-11)15(4,5)9-16/h6-8H,9,16H2,1-5H3. The fourth-order valence-electron chi connectivity index (χ4n) is 1.93. The van der Waals surface area contributed by atoms with Crippen molar-refractivity contribution >= 4 is 21.6 Å². The van der Waals surface area contributed by atoms with Gasteiger partial charge in [-0.15, -0.1) is 11.3 Å². The summed E-state index contributed by atoms with van der Waals surface area (Å²) in [5, 5.41) is 1.14. The van der Waals surface area contributed by atoms with Crippen LogP contribution in [0.4, 0.5) is 0 Å². The van der Waals surface area contributed by atoms with E-state index in [0.717, 1.165) is 10.5 Å². The van der Waals surface area contributed by atoms with Gasteiger partial charge in [-0.3, -0.25) is 0 Å². The molecule has 0 aliphatic heterocycles. The average molecular weight is 262 g/mol. The Kier molecular flexibility index (Phi) is 3.24. The maximum atomic E-state index is 5.85. The van der Waals surface area contributed by atoms with Crippen LogP contribution in [0.25, 0.3) is 10.2 Å².